The zero-order chi connectivity index (χ0) is 23.6. The van der Waals surface area contributed by atoms with Gasteiger partial charge >= 0.3 is 0 Å². The van der Waals surface area contributed by atoms with Crippen LogP contribution in [0.4, 0.5) is 5.69 Å². The van der Waals surface area contributed by atoms with Crippen LogP contribution < -0.4 is 10.1 Å². The number of hydrogen-bond donors (Lipinski definition) is 2. The van der Waals surface area contributed by atoms with Crippen LogP contribution in [0.1, 0.15) is 33.6 Å². The Kier molecular flexibility index (Phi) is 8.07. The van der Waals surface area contributed by atoms with Crippen molar-refractivity contribution >= 4 is 24.0 Å². The third-order valence-electron chi connectivity index (χ3n) is 5.01. The van der Waals surface area contributed by atoms with Gasteiger partial charge in [0, 0.05) is 35.5 Å². The largest absolute Gasteiger partial charge is 0.494 e. The molecule has 1 aliphatic rings. The predicted molar refractivity (Wildman–Crippen MR) is 122 cm³/mol. The summed E-state index contributed by atoms with van der Waals surface area (Å²) in [5.41, 5.74) is 2.36. The topological polar surface area (TPSA) is 122 Å². The number of nitrogens with zero attached hydrogens (tertiary/aromatic N) is 3. The number of benzene rings is 2. The zero-order valence-corrected chi connectivity index (χ0v) is 18.1. The molecule has 0 unspecified atom stereocenters. The fourth-order valence-corrected chi connectivity index (χ4v) is 3.41. The number of likely N-dealkylation sites (tertiary alicyclic amines) is 1. The van der Waals surface area contributed by atoms with Crippen LogP contribution in [0.15, 0.2) is 60.9 Å². The molecule has 0 bridgehead atoms. The summed E-state index contributed by atoms with van der Waals surface area (Å²) in [5.74, 6) is 0.804. The Labute approximate surface area is 191 Å². The van der Waals surface area contributed by atoms with Gasteiger partial charge in [0.05, 0.1) is 19.5 Å². The minimum Gasteiger partial charge on any atom is -0.494 e. The van der Waals surface area contributed by atoms with Gasteiger partial charge in [-0.3, -0.25) is 14.4 Å². The molecule has 0 atom stereocenters. The van der Waals surface area contributed by atoms with Crippen LogP contribution in [-0.2, 0) is 4.79 Å². The number of nitrogens with one attached hydrogen (secondary N) is 1. The van der Waals surface area contributed by atoms with E-state index in [0.29, 0.717) is 28.4 Å². The Balaban J connectivity index is 0.000000968. The molecule has 33 heavy (non-hydrogen) atoms. The highest BCUT2D eigenvalue weighted by Gasteiger charge is 2.19. The second-order valence-corrected chi connectivity index (χ2v) is 7.17. The van der Waals surface area contributed by atoms with Gasteiger partial charge in [-0.15, -0.1) is 0 Å². The molecule has 170 valence electrons. The van der Waals surface area contributed by atoms with Crippen molar-refractivity contribution < 1.29 is 24.2 Å². The van der Waals surface area contributed by atoms with Crippen molar-refractivity contribution in [3.05, 3.63) is 72.1 Å². The first-order valence-corrected chi connectivity index (χ1v) is 10.3. The Bertz CT molecular complexity index is 1110. The fraction of sp³-hybridized carbons (Fsp3) is 0.208. The number of carbonyl (C=O) groups excluding carboxylic acids is 2. The lowest BCUT2D eigenvalue weighted by atomic mass is 10.1. The number of anilines is 1. The van der Waals surface area contributed by atoms with Gasteiger partial charge < -0.3 is 20.1 Å². The first-order chi connectivity index (χ1) is 16.0. The molecule has 0 radical (unpaired) electrons. The van der Waals surface area contributed by atoms with Crippen molar-refractivity contribution in [2.45, 2.75) is 12.8 Å². The van der Waals surface area contributed by atoms with E-state index < -0.39 is 0 Å². The lowest BCUT2D eigenvalue weighted by Gasteiger charge is -2.16. The molecule has 0 spiro atoms. The van der Waals surface area contributed by atoms with Gasteiger partial charge in [0.2, 0.25) is 0 Å². The lowest BCUT2D eigenvalue weighted by molar-refractivity contribution is -0.122. The molecule has 2 heterocycles. The molecule has 4 rings (SSSR count). The molecule has 2 amide bonds. The highest BCUT2D eigenvalue weighted by atomic mass is 16.5. The summed E-state index contributed by atoms with van der Waals surface area (Å²) in [5, 5.41) is 9.76. The van der Waals surface area contributed by atoms with Gasteiger partial charge in [0.1, 0.15) is 0 Å². The van der Waals surface area contributed by atoms with Crippen LogP contribution in [0.25, 0.3) is 11.4 Å². The quantitative estimate of drug-likeness (QED) is 0.574. The van der Waals surface area contributed by atoms with Crippen molar-refractivity contribution in [2.24, 2.45) is 0 Å². The molecule has 2 aromatic carbocycles. The molecule has 2 N–H and O–H groups in total. The zero-order valence-electron chi connectivity index (χ0n) is 18.1. The normalized spacial score (nSPS) is 12.3. The first-order valence-electron chi connectivity index (χ1n) is 10.3. The Morgan fingerprint density at radius 1 is 1.03 bits per heavy atom. The standard InChI is InChI=1S/C23H22N4O3.CH2O2/c1-30-20-14-24-21(25-15-20)16-6-4-7-17(12-16)22(28)26-19-9-5-8-18(13-19)23(29)27-10-2-3-11-27;2-1-3/h4-9,12-15H,2-3,10-11H2,1H3,(H,26,28);1H,(H,2,3). The van der Waals surface area contributed by atoms with Crippen molar-refractivity contribution in [3.8, 4) is 17.1 Å². The minimum atomic E-state index is -0.267. The van der Waals surface area contributed by atoms with Gasteiger partial charge in [-0.1, -0.05) is 18.2 Å². The Hall–Kier alpha value is -4.27. The average Bonchev–Trinajstić information content (AvgIpc) is 3.39. The monoisotopic (exact) mass is 448 g/mol. The van der Waals surface area contributed by atoms with Crippen molar-refractivity contribution in [1.29, 1.82) is 0 Å². The molecule has 1 fully saturated rings. The smallest absolute Gasteiger partial charge is 0.290 e. The van der Waals surface area contributed by atoms with Crippen molar-refractivity contribution in [3.63, 3.8) is 0 Å². The van der Waals surface area contributed by atoms with E-state index in [1.54, 1.807) is 62.0 Å². The van der Waals surface area contributed by atoms with E-state index in [1.165, 1.54) is 0 Å². The number of aromatic nitrogens is 2. The second-order valence-electron chi connectivity index (χ2n) is 7.17. The predicted octanol–water partition coefficient (Wildman–Crippen LogP) is 3.34. The molecule has 1 aromatic heterocycles. The lowest BCUT2D eigenvalue weighted by Crippen LogP contribution is -2.27. The van der Waals surface area contributed by atoms with Gasteiger partial charge in [-0.25, -0.2) is 9.97 Å². The van der Waals surface area contributed by atoms with Crippen LogP contribution in [0.3, 0.4) is 0 Å². The van der Waals surface area contributed by atoms with Crippen LogP contribution in [0.5, 0.6) is 5.75 Å². The number of carboxylic acid groups (broad SMARTS) is 1. The summed E-state index contributed by atoms with van der Waals surface area (Å²) in [7, 11) is 1.55. The molecule has 9 heteroatoms. The van der Waals surface area contributed by atoms with Crippen LogP contribution in [0.2, 0.25) is 0 Å². The number of ether oxygens (including phenoxy) is 1. The van der Waals surface area contributed by atoms with E-state index in [4.69, 9.17) is 14.6 Å². The van der Waals surface area contributed by atoms with E-state index in [1.807, 2.05) is 11.0 Å². The van der Waals surface area contributed by atoms with E-state index in [9.17, 15) is 9.59 Å². The van der Waals surface area contributed by atoms with Crippen molar-refractivity contribution in [1.82, 2.24) is 14.9 Å². The van der Waals surface area contributed by atoms with Crippen LogP contribution in [-0.4, -0.2) is 58.5 Å². The number of hydrogen-bond acceptors (Lipinski definition) is 6. The van der Waals surface area contributed by atoms with E-state index in [-0.39, 0.29) is 18.3 Å². The number of rotatable bonds is 5. The Morgan fingerprint density at radius 3 is 2.33 bits per heavy atom. The van der Waals surface area contributed by atoms with Crippen LogP contribution >= 0.6 is 0 Å². The van der Waals surface area contributed by atoms with E-state index >= 15 is 0 Å². The molecule has 1 saturated heterocycles. The second kappa shape index (κ2) is 11.4. The number of methoxy groups -OCH3 is 1. The third kappa shape index (κ3) is 6.13. The maximum Gasteiger partial charge on any atom is 0.290 e. The number of amides is 2. The SMILES string of the molecule is COc1cnc(-c2cccc(C(=O)Nc3cccc(C(=O)N4CCCC4)c3)c2)nc1.O=CO. The molecular weight excluding hydrogens is 424 g/mol. The molecule has 9 nitrogen and oxygen atoms in total. The summed E-state index contributed by atoms with van der Waals surface area (Å²) in [6.45, 7) is 1.32. The molecule has 0 aliphatic carbocycles. The van der Waals surface area contributed by atoms with Gasteiger partial charge in [-0.2, -0.15) is 0 Å². The third-order valence-corrected chi connectivity index (χ3v) is 5.01. The molecular formula is C24H24N4O5. The summed E-state index contributed by atoms with van der Waals surface area (Å²) >= 11 is 0. The maximum absolute atomic E-state index is 12.8. The summed E-state index contributed by atoms with van der Waals surface area (Å²) in [6.07, 6.45) is 5.24. The molecule has 1 aliphatic heterocycles. The van der Waals surface area contributed by atoms with Crippen LogP contribution in [0, 0.1) is 0 Å². The van der Waals surface area contributed by atoms with Crippen molar-refractivity contribution in [2.75, 3.05) is 25.5 Å². The van der Waals surface area contributed by atoms with E-state index in [0.717, 1.165) is 31.5 Å². The van der Waals surface area contributed by atoms with E-state index in [2.05, 4.69) is 15.3 Å². The highest BCUT2D eigenvalue weighted by Crippen LogP contribution is 2.20. The highest BCUT2D eigenvalue weighted by molar-refractivity contribution is 6.05. The summed E-state index contributed by atoms with van der Waals surface area (Å²) in [6, 6.07) is 14.1. The minimum absolute atomic E-state index is 0.00208. The summed E-state index contributed by atoms with van der Waals surface area (Å²) in [4.78, 5) is 44.1. The van der Waals surface area contributed by atoms with Gasteiger partial charge in [-0.05, 0) is 43.2 Å². The molecule has 0 saturated carbocycles. The Morgan fingerprint density at radius 2 is 1.67 bits per heavy atom. The van der Waals surface area contributed by atoms with Gasteiger partial charge in [0.25, 0.3) is 18.3 Å². The molecule has 3 aromatic rings. The fourth-order valence-electron chi connectivity index (χ4n) is 3.41. The first kappa shape index (κ1) is 23.4. The maximum atomic E-state index is 12.8. The number of carbonyl (C=O) groups is 3. The average molecular weight is 448 g/mol. The van der Waals surface area contributed by atoms with Gasteiger partial charge in [0.15, 0.2) is 11.6 Å². The summed E-state index contributed by atoms with van der Waals surface area (Å²) < 4.78 is 5.08.